The average Bonchev–Trinajstić information content (AvgIpc) is 3.47. The largest absolute Gasteiger partial charge is 0.344 e. The van der Waals surface area contributed by atoms with Crippen molar-refractivity contribution in [3.8, 4) is 0 Å². The zero-order valence-electron chi connectivity index (χ0n) is 16.3. The van der Waals surface area contributed by atoms with Gasteiger partial charge in [0.15, 0.2) is 0 Å². The number of hydrogen-bond donors (Lipinski definition) is 1. The van der Waals surface area contributed by atoms with Crippen molar-refractivity contribution in [1.82, 2.24) is 4.57 Å². The van der Waals surface area contributed by atoms with Gasteiger partial charge >= 0.3 is 0 Å². The van der Waals surface area contributed by atoms with Gasteiger partial charge in [-0.1, -0.05) is 0 Å². The van der Waals surface area contributed by atoms with Crippen molar-refractivity contribution in [3.63, 3.8) is 0 Å². The number of amides is 2. The van der Waals surface area contributed by atoms with E-state index >= 15 is 0 Å². The van der Waals surface area contributed by atoms with E-state index in [0.717, 1.165) is 23.5 Å². The van der Waals surface area contributed by atoms with Crippen LogP contribution in [0.1, 0.15) is 36.2 Å². The van der Waals surface area contributed by atoms with Gasteiger partial charge in [0.1, 0.15) is 0 Å². The molecule has 1 N–H and O–H groups in total. The van der Waals surface area contributed by atoms with E-state index < -0.39 is 0 Å². The Kier molecular flexibility index (Phi) is 4.77. The SMILES string of the molecule is Cc1ccsc1C(=O)Nc1ccc(C(=O)N2Cc3cccn3Cc3sccc32)cc1. The molecule has 1 aromatic carbocycles. The number of aromatic nitrogens is 1. The highest BCUT2D eigenvalue weighted by atomic mass is 32.1. The van der Waals surface area contributed by atoms with Crippen molar-refractivity contribution < 1.29 is 9.59 Å². The summed E-state index contributed by atoms with van der Waals surface area (Å²) in [7, 11) is 0. The Morgan fingerprint density at radius 1 is 0.967 bits per heavy atom. The van der Waals surface area contributed by atoms with Gasteiger partial charge in [-0.15, -0.1) is 22.7 Å². The number of rotatable bonds is 3. The predicted octanol–water partition coefficient (Wildman–Crippen LogP) is 5.38. The van der Waals surface area contributed by atoms with E-state index in [0.29, 0.717) is 22.7 Å². The van der Waals surface area contributed by atoms with Gasteiger partial charge in [-0.05, 0) is 71.8 Å². The third kappa shape index (κ3) is 3.36. The Morgan fingerprint density at radius 2 is 1.77 bits per heavy atom. The number of carbonyl (C=O) groups excluding carboxylic acids is 2. The zero-order chi connectivity index (χ0) is 20.7. The van der Waals surface area contributed by atoms with Crippen LogP contribution in [0.25, 0.3) is 0 Å². The molecular weight excluding hydrogens is 414 g/mol. The van der Waals surface area contributed by atoms with E-state index in [2.05, 4.69) is 22.1 Å². The first-order valence-electron chi connectivity index (χ1n) is 9.58. The lowest BCUT2D eigenvalue weighted by atomic mass is 10.1. The zero-order valence-corrected chi connectivity index (χ0v) is 17.9. The van der Waals surface area contributed by atoms with E-state index in [1.54, 1.807) is 35.6 Å². The first-order valence-corrected chi connectivity index (χ1v) is 11.3. The third-order valence-electron chi connectivity index (χ3n) is 5.27. The van der Waals surface area contributed by atoms with Crippen molar-refractivity contribution in [1.29, 1.82) is 0 Å². The maximum atomic E-state index is 13.3. The van der Waals surface area contributed by atoms with E-state index in [4.69, 9.17) is 0 Å². The summed E-state index contributed by atoms with van der Waals surface area (Å²) in [5, 5.41) is 6.84. The van der Waals surface area contributed by atoms with Crippen LogP contribution in [0.2, 0.25) is 0 Å². The second-order valence-corrected chi connectivity index (χ2v) is 9.13. The Labute approximate surface area is 182 Å². The van der Waals surface area contributed by atoms with Crippen LogP contribution in [-0.2, 0) is 13.1 Å². The summed E-state index contributed by atoms with van der Waals surface area (Å²) in [5.74, 6) is -0.172. The fourth-order valence-electron chi connectivity index (χ4n) is 3.67. The maximum absolute atomic E-state index is 13.3. The molecule has 0 bridgehead atoms. The number of fused-ring (bicyclic) bond motifs is 2. The predicted molar refractivity (Wildman–Crippen MR) is 122 cm³/mol. The van der Waals surface area contributed by atoms with Crippen molar-refractivity contribution in [2.75, 3.05) is 10.2 Å². The van der Waals surface area contributed by atoms with Crippen molar-refractivity contribution in [2.24, 2.45) is 0 Å². The smallest absolute Gasteiger partial charge is 0.265 e. The molecule has 5 rings (SSSR count). The lowest BCUT2D eigenvalue weighted by Gasteiger charge is -2.21. The van der Waals surface area contributed by atoms with Crippen LogP contribution in [0.15, 0.2) is 65.5 Å². The summed E-state index contributed by atoms with van der Waals surface area (Å²) in [6, 6.07) is 15.1. The summed E-state index contributed by atoms with van der Waals surface area (Å²) in [6.07, 6.45) is 2.06. The van der Waals surface area contributed by atoms with Gasteiger partial charge in [-0.25, -0.2) is 0 Å². The maximum Gasteiger partial charge on any atom is 0.265 e. The van der Waals surface area contributed by atoms with E-state index in [9.17, 15) is 9.59 Å². The summed E-state index contributed by atoms with van der Waals surface area (Å²) in [5.41, 5.74) is 4.31. The third-order valence-corrected chi connectivity index (χ3v) is 7.18. The molecule has 0 aliphatic carbocycles. The number of hydrogen-bond acceptors (Lipinski definition) is 4. The van der Waals surface area contributed by atoms with Crippen LogP contribution in [0, 0.1) is 6.92 Å². The molecule has 7 heteroatoms. The molecule has 150 valence electrons. The lowest BCUT2D eigenvalue weighted by molar-refractivity contribution is 0.0984. The fourth-order valence-corrected chi connectivity index (χ4v) is 5.36. The molecule has 3 aromatic heterocycles. The van der Waals surface area contributed by atoms with Crippen molar-refractivity contribution in [3.05, 3.63) is 92.1 Å². The van der Waals surface area contributed by atoms with Crippen LogP contribution in [0.4, 0.5) is 11.4 Å². The highest BCUT2D eigenvalue weighted by Gasteiger charge is 2.25. The topological polar surface area (TPSA) is 54.3 Å². The van der Waals surface area contributed by atoms with Gasteiger partial charge in [0.05, 0.1) is 23.7 Å². The molecule has 1 aliphatic rings. The number of thiophene rings is 2. The first kappa shape index (κ1) is 18.8. The van der Waals surface area contributed by atoms with Gasteiger partial charge in [0.2, 0.25) is 0 Å². The monoisotopic (exact) mass is 433 g/mol. The number of aryl methyl sites for hydroxylation is 1. The van der Waals surface area contributed by atoms with Gasteiger partial charge in [-0.3, -0.25) is 9.59 Å². The van der Waals surface area contributed by atoms with Gasteiger partial charge in [-0.2, -0.15) is 0 Å². The van der Waals surface area contributed by atoms with Crippen LogP contribution in [0.3, 0.4) is 0 Å². The molecule has 0 fully saturated rings. The number of benzene rings is 1. The average molecular weight is 434 g/mol. The molecular formula is C23H19N3O2S2. The molecule has 0 atom stereocenters. The molecule has 30 heavy (non-hydrogen) atoms. The Morgan fingerprint density at radius 3 is 2.53 bits per heavy atom. The molecule has 0 saturated carbocycles. The van der Waals surface area contributed by atoms with Crippen LogP contribution in [-0.4, -0.2) is 16.4 Å². The Balaban J connectivity index is 1.38. The van der Waals surface area contributed by atoms with Gasteiger partial charge in [0.25, 0.3) is 11.8 Å². The van der Waals surface area contributed by atoms with Crippen LogP contribution in [0.5, 0.6) is 0 Å². The summed E-state index contributed by atoms with van der Waals surface area (Å²) < 4.78 is 2.19. The fraction of sp³-hybridized carbons (Fsp3) is 0.130. The second kappa shape index (κ2) is 7.59. The molecule has 0 spiro atoms. The second-order valence-electron chi connectivity index (χ2n) is 7.21. The lowest BCUT2D eigenvalue weighted by Crippen LogP contribution is -2.30. The summed E-state index contributed by atoms with van der Waals surface area (Å²) in [6.45, 7) is 3.24. The van der Waals surface area contributed by atoms with Crippen molar-refractivity contribution in [2.45, 2.75) is 20.0 Å². The molecule has 4 aromatic rings. The molecule has 0 saturated heterocycles. The normalized spacial score (nSPS) is 12.8. The van der Waals surface area contributed by atoms with Crippen LogP contribution < -0.4 is 10.2 Å². The minimum absolute atomic E-state index is 0.0451. The van der Waals surface area contributed by atoms with Crippen molar-refractivity contribution >= 4 is 45.9 Å². The summed E-state index contributed by atoms with van der Waals surface area (Å²) in [4.78, 5) is 29.5. The van der Waals surface area contributed by atoms with Crippen LogP contribution >= 0.6 is 22.7 Å². The molecule has 1 aliphatic heterocycles. The summed E-state index contributed by atoms with van der Waals surface area (Å²) >= 11 is 3.09. The minimum atomic E-state index is -0.127. The molecule has 4 heterocycles. The van der Waals surface area contributed by atoms with E-state index in [1.165, 1.54) is 16.2 Å². The van der Waals surface area contributed by atoms with Gasteiger partial charge in [0, 0.05) is 28.0 Å². The first-order chi connectivity index (χ1) is 14.6. The molecule has 5 nitrogen and oxygen atoms in total. The number of anilines is 2. The number of nitrogens with one attached hydrogen (secondary N) is 1. The molecule has 2 amide bonds. The van der Waals surface area contributed by atoms with E-state index in [-0.39, 0.29) is 11.8 Å². The highest BCUT2D eigenvalue weighted by molar-refractivity contribution is 7.12. The number of carbonyl (C=O) groups is 2. The minimum Gasteiger partial charge on any atom is -0.344 e. The van der Waals surface area contributed by atoms with Gasteiger partial charge < -0.3 is 14.8 Å². The standard InChI is InChI=1S/C23H19N3O2S2/c1-15-8-11-30-21(15)22(27)24-17-6-4-16(5-7-17)23(28)26-13-18-3-2-10-25(18)14-20-19(26)9-12-29-20/h2-12H,13-14H2,1H3,(H,24,27). The molecule has 0 unspecified atom stereocenters. The quantitative estimate of drug-likeness (QED) is 0.472. The molecule has 0 radical (unpaired) electrons. The van der Waals surface area contributed by atoms with E-state index in [1.807, 2.05) is 40.8 Å². The number of nitrogens with zero attached hydrogens (tertiary/aromatic N) is 2. The Bertz CT molecular complexity index is 1230. The highest BCUT2D eigenvalue weighted by Crippen LogP contribution is 2.33. The Hall–Kier alpha value is -3.16.